The fourth-order valence-corrected chi connectivity index (χ4v) is 4.64. The van der Waals surface area contributed by atoms with Gasteiger partial charge in [-0.1, -0.05) is 26.8 Å². The second-order valence-electron chi connectivity index (χ2n) is 10.1. The number of benzene rings is 2. The van der Waals surface area contributed by atoms with Gasteiger partial charge in [-0.2, -0.15) is 0 Å². The molecule has 0 aromatic heterocycles. The van der Waals surface area contributed by atoms with Crippen molar-refractivity contribution >= 4 is 5.91 Å². The van der Waals surface area contributed by atoms with Gasteiger partial charge in [0.15, 0.2) is 0 Å². The Balaban J connectivity index is 1.88. The molecule has 0 aliphatic carbocycles. The highest BCUT2D eigenvalue weighted by Crippen LogP contribution is 2.34. The summed E-state index contributed by atoms with van der Waals surface area (Å²) in [6.07, 6.45) is 0.557. The molecule has 0 fully saturated rings. The predicted octanol–water partition coefficient (Wildman–Crippen LogP) is 3.68. The lowest BCUT2D eigenvalue weighted by Crippen LogP contribution is -2.55. The molecule has 3 N–H and O–H groups in total. The summed E-state index contributed by atoms with van der Waals surface area (Å²) in [5.74, 6) is -0.895. The molecular formula is C26H34F2N2O3. The fraction of sp³-hybridized carbons (Fsp3) is 0.500. The maximum absolute atomic E-state index is 13.7. The first-order valence-corrected chi connectivity index (χ1v) is 11.3. The predicted molar refractivity (Wildman–Crippen MR) is 124 cm³/mol. The molecule has 1 aliphatic heterocycles. The molecule has 1 aliphatic rings. The minimum Gasteiger partial charge on any atom is -0.496 e. The van der Waals surface area contributed by atoms with Crippen molar-refractivity contribution in [2.75, 3.05) is 7.11 Å². The van der Waals surface area contributed by atoms with Crippen molar-refractivity contribution in [2.24, 2.45) is 5.41 Å². The van der Waals surface area contributed by atoms with E-state index in [0.717, 1.165) is 29.4 Å². The van der Waals surface area contributed by atoms with Gasteiger partial charge in [0, 0.05) is 31.1 Å². The lowest BCUT2D eigenvalue weighted by Gasteiger charge is -2.36. The molecule has 7 heteroatoms. The number of rotatable bonds is 7. The smallest absolute Gasteiger partial charge is 0.217 e. The number of carbonyl (C=O) groups is 1. The quantitative estimate of drug-likeness (QED) is 0.590. The van der Waals surface area contributed by atoms with Crippen molar-refractivity contribution in [3.8, 4) is 5.75 Å². The third-order valence-corrected chi connectivity index (χ3v) is 5.98. The van der Waals surface area contributed by atoms with Gasteiger partial charge in [-0.05, 0) is 59.6 Å². The third kappa shape index (κ3) is 6.51. The lowest BCUT2D eigenvalue weighted by molar-refractivity contribution is -0.120. The van der Waals surface area contributed by atoms with Crippen LogP contribution in [0.2, 0.25) is 0 Å². The molecule has 3 rings (SSSR count). The van der Waals surface area contributed by atoms with Crippen LogP contribution in [0.4, 0.5) is 8.78 Å². The molecule has 1 heterocycles. The zero-order valence-corrected chi connectivity index (χ0v) is 20.0. The number of hydrogen-bond acceptors (Lipinski definition) is 4. The molecule has 3 atom stereocenters. The van der Waals surface area contributed by atoms with Gasteiger partial charge in [-0.3, -0.25) is 4.79 Å². The molecule has 0 saturated heterocycles. The Bertz CT molecular complexity index is 984. The van der Waals surface area contributed by atoms with Gasteiger partial charge in [0.25, 0.3) is 0 Å². The minimum atomic E-state index is -0.970. The number of aliphatic hydroxyl groups excluding tert-OH is 1. The molecule has 33 heavy (non-hydrogen) atoms. The number of fused-ring (bicyclic) bond motifs is 1. The summed E-state index contributed by atoms with van der Waals surface area (Å²) in [4.78, 5) is 11.9. The van der Waals surface area contributed by atoms with Crippen molar-refractivity contribution in [3.05, 3.63) is 64.2 Å². The number of amides is 1. The second-order valence-corrected chi connectivity index (χ2v) is 10.1. The van der Waals surface area contributed by atoms with E-state index in [-0.39, 0.29) is 23.8 Å². The lowest BCUT2D eigenvalue weighted by atomic mass is 9.80. The SMILES string of the molecule is COc1ccc(CC(C)(C)C)c2c1CN[C@@H]([C@H](O)[C@H](Cc1cc(F)cc(F)c1)NC(C)=O)C2. The molecule has 180 valence electrons. The Morgan fingerprint density at radius 3 is 2.45 bits per heavy atom. The summed E-state index contributed by atoms with van der Waals surface area (Å²) in [6.45, 7) is 8.42. The summed E-state index contributed by atoms with van der Waals surface area (Å²) in [6, 6.07) is 6.26. The molecule has 0 bridgehead atoms. The average Bonchev–Trinajstić information content (AvgIpc) is 2.70. The Labute approximate surface area is 194 Å². The van der Waals surface area contributed by atoms with Crippen LogP contribution in [-0.2, 0) is 30.6 Å². The average molecular weight is 461 g/mol. The van der Waals surface area contributed by atoms with Gasteiger partial charge in [0.05, 0.1) is 19.3 Å². The van der Waals surface area contributed by atoms with E-state index in [1.54, 1.807) is 7.11 Å². The number of hydrogen-bond donors (Lipinski definition) is 3. The molecule has 0 unspecified atom stereocenters. The molecule has 0 saturated carbocycles. The molecule has 0 spiro atoms. The van der Waals surface area contributed by atoms with Crippen molar-refractivity contribution in [2.45, 2.75) is 71.7 Å². The Morgan fingerprint density at radius 1 is 1.21 bits per heavy atom. The van der Waals surface area contributed by atoms with Crippen LogP contribution in [0.3, 0.4) is 0 Å². The zero-order chi connectivity index (χ0) is 24.3. The number of carbonyl (C=O) groups excluding carboxylic acids is 1. The summed E-state index contributed by atoms with van der Waals surface area (Å²) in [5, 5.41) is 17.4. The van der Waals surface area contributed by atoms with Gasteiger partial charge in [-0.25, -0.2) is 8.78 Å². The molecule has 2 aromatic rings. The molecular weight excluding hydrogens is 426 g/mol. The Kier molecular flexibility index (Phi) is 7.75. The highest BCUT2D eigenvalue weighted by atomic mass is 19.1. The molecule has 2 aromatic carbocycles. The summed E-state index contributed by atoms with van der Waals surface area (Å²) < 4.78 is 33.0. The molecule has 0 radical (unpaired) electrons. The van der Waals surface area contributed by atoms with E-state index >= 15 is 0 Å². The monoisotopic (exact) mass is 460 g/mol. The first kappa shape index (κ1) is 25.1. The van der Waals surface area contributed by atoms with Crippen LogP contribution >= 0.6 is 0 Å². The maximum atomic E-state index is 13.7. The van der Waals surface area contributed by atoms with Crippen molar-refractivity contribution in [3.63, 3.8) is 0 Å². The van der Waals surface area contributed by atoms with Crippen LogP contribution in [0.25, 0.3) is 0 Å². The van der Waals surface area contributed by atoms with E-state index in [1.807, 2.05) is 6.07 Å². The Hall–Kier alpha value is -2.51. The van der Waals surface area contributed by atoms with Crippen LogP contribution in [0.1, 0.15) is 49.9 Å². The second kappa shape index (κ2) is 10.2. The molecule has 5 nitrogen and oxygen atoms in total. The highest BCUT2D eigenvalue weighted by molar-refractivity contribution is 5.73. The first-order chi connectivity index (χ1) is 15.5. The summed E-state index contributed by atoms with van der Waals surface area (Å²) >= 11 is 0. The van der Waals surface area contributed by atoms with Gasteiger partial charge >= 0.3 is 0 Å². The zero-order valence-electron chi connectivity index (χ0n) is 20.0. The van der Waals surface area contributed by atoms with E-state index in [2.05, 4.69) is 37.5 Å². The topological polar surface area (TPSA) is 70.6 Å². The number of aliphatic hydroxyl groups is 1. The van der Waals surface area contributed by atoms with Crippen LogP contribution in [0.5, 0.6) is 5.75 Å². The van der Waals surface area contributed by atoms with E-state index in [0.29, 0.717) is 18.5 Å². The molecule has 1 amide bonds. The number of nitrogens with one attached hydrogen (secondary N) is 2. The summed E-state index contributed by atoms with van der Waals surface area (Å²) in [7, 11) is 1.64. The van der Waals surface area contributed by atoms with Gasteiger partial charge in [-0.15, -0.1) is 0 Å². The Morgan fingerprint density at radius 2 is 1.88 bits per heavy atom. The fourth-order valence-electron chi connectivity index (χ4n) is 4.64. The number of ether oxygens (including phenoxy) is 1. The minimum absolute atomic E-state index is 0.0848. The first-order valence-electron chi connectivity index (χ1n) is 11.3. The maximum Gasteiger partial charge on any atom is 0.217 e. The van der Waals surface area contributed by atoms with Crippen LogP contribution in [0.15, 0.2) is 30.3 Å². The highest BCUT2D eigenvalue weighted by Gasteiger charge is 2.33. The normalized spacial score (nSPS) is 17.8. The van der Waals surface area contributed by atoms with Gasteiger partial charge in [0.1, 0.15) is 17.4 Å². The van der Waals surface area contributed by atoms with Crippen LogP contribution < -0.4 is 15.4 Å². The van der Waals surface area contributed by atoms with Crippen molar-refractivity contribution in [1.82, 2.24) is 10.6 Å². The van der Waals surface area contributed by atoms with E-state index in [4.69, 9.17) is 4.74 Å². The van der Waals surface area contributed by atoms with Crippen molar-refractivity contribution < 1.29 is 23.4 Å². The standard InChI is InChI=1S/C26H34F2N2O3/c1-15(31)30-23(10-16-8-18(27)11-19(28)9-16)25(32)22-12-20-17(13-26(2,3)4)6-7-24(33-5)21(20)14-29-22/h6-9,11,22-23,25,29,32H,10,12-14H2,1-5H3,(H,30,31)/t22-,23+,25+/m1/s1. The van der Waals surface area contributed by atoms with Crippen LogP contribution in [0, 0.1) is 17.0 Å². The van der Waals surface area contributed by atoms with E-state index in [9.17, 15) is 18.7 Å². The number of halogens is 2. The third-order valence-electron chi connectivity index (χ3n) is 5.98. The van der Waals surface area contributed by atoms with Crippen molar-refractivity contribution in [1.29, 1.82) is 0 Å². The van der Waals surface area contributed by atoms with Crippen LogP contribution in [-0.4, -0.2) is 36.3 Å². The van der Waals surface area contributed by atoms with Gasteiger partial charge in [0.2, 0.25) is 5.91 Å². The number of methoxy groups -OCH3 is 1. The summed E-state index contributed by atoms with van der Waals surface area (Å²) in [5.41, 5.74) is 3.88. The largest absolute Gasteiger partial charge is 0.496 e. The van der Waals surface area contributed by atoms with E-state index in [1.165, 1.54) is 24.6 Å². The van der Waals surface area contributed by atoms with E-state index < -0.39 is 23.8 Å². The van der Waals surface area contributed by atoms with Gasteiger partial charge < -0.3 is 20.5 Å².